The summed E-state index contributed by atoms with van der Waals surface area (Å²) in [6.07, 6.45) is 3.36. The van der Waals surface area contributed by atoms with Gasteiger partial charge in [0, 0.05) is 27.1 Å². The Balaban J connectivity index is 1.82. The molecule has 3 rings (SSSR count). The van der Waals surface area contributed by atoms with Crippen molar-refractivity contribution in [1.82, 2.24) is 9.99 Å². The Kier molecular flexibility index (Phi) is 5.48. The van der Waals surface area contributed by atoms with Crippen LogP contribution in [-0.4, -0.2) is 29.8 Å². The summed E-state index contributed by atoms with van der Waals surface area (Å²) in [6, 6.07) is 14.8. The molecule has 1 amide bonds. The number of nitrogens with one attached hydrogen (secondary N) is 1. The molecule has 1 N–H and O–H groups in total. The Morgan fingerprint density at radius 3 is 2.69 bits per heavy atom. The molecule has 0 aliphatic heterocycles. The van der Waals surface area contributed by atoms with Crippen LogP contribution in [-0.2, 0) is 16.1 Å². The molecule has 0 saturated heterocycles. The van der Waals surface area contributed by atoms with Crippen molar-refractivity contribution in [3.8, 4) is 0 Å². The van der Waals surface area contributed by atoms with Crippen molar-refractivity contribution >= 4 is 44.9 Å². The van der Waals surface area contributed by atoms with Gasteiger partial charge >= 0.3 is 5.97 Å². The molecule has 0 saturated carbocycles. The molecule has 0 radical (unpaired) electrons. The van der Waals surface area contributed by atoms with E-state index < -0.39 is 0 Å². The lowest BCUT2D eigenvalue weighted by Gasteiger charge is -2.02. The highest BCUT2D eigenvalue weighted by Crippen LogP contribution is 2.20. The third-order valence-corrected chi connectivity index (χ3v) is 4.53. The van der Waals surface area contributed by atoms with E-state index in [1.165, 1.54) is 7.11 Å². The number of hydrazone groups is 1. The molecule has 0 unspecified atom stereocenters. The second-order valence-corrected chi connectivity index (χ2v) is 6.34. The number of fused-ring (bicyclic) bond motifs is 1. The minimum Gasteiger partial charge on any atom is -0.468 e. The van der Waals surface area contributed by atoms with Gasteiger partial charge in [0.15, 0.2) is 0 Å². The lowest BCUT2D eigenvalue weighted by atomic mass is 10.2. The minimum absolute atomic E-state index is 0.105. The molecule has 1 aromatic heterocycles. The number of nitrogens with zero attached hydrogens (tertiary/aromatic N) is 2. The average Bonchev–Trinajstić information content (AvgIpc) is 2.99. The molecule has 3 aromatic rings. The Hall–Kier alpha value is -2.93. The van der Waals surface area contributed by atoms with Crippen LogP contribution in [0.2, 0.25) is 0 Å². The normalized spacial score (nSPS) is 11.0. The van der Waals surface area contributed by atoms with Gasteiger partial charge in [-0.15, -0.1) is 0 Å². The third kappa shape index (κ3) is 3.83. The topological polar surface area (TPSA) is 72.7 Å². The summed E-state index contributed by atoms with van der Waals surface area (Å²) in [5.74, 6) is -0.650. The van der Waals surface area contributed by atoms with Crippen LogP contribution >= 0.6 is 15.9 Å². The molecular formula is C19H16BrN3O3. The lowest BCUT2D eigenvalue weighted by Crippen LogP contribution is -2.18. The van der Waals surface area contributed by atoms with E-state index >= 15 is 0 Å². The van der Waals surface area contributed by atoms with Crippen LogP contribution in [0.4, 0.5) is 0 Å². The standard InChI is InChI=1S/C19H16BrN3O3/c1-26-18(24)12-23-11-13(14-6-3-5-9-17(14)23)10-21-22-19(25)15-7-2-4-8-16(15)20/h2-11H,12H2,1H3,(H,22,25)/b21-10-. The first-order valence-electron chi connectivity index (χ1n) is 7.83. The third-order valence-electron chi connectivity index (χ3n) is 3.83. The maximum atomic E-state index is 12.2. The van der Waals surface area contributed by atoms with Crippen LogP contribution in [0.25, 0.3) is 10.9 Å². The zero-order valence-corrected chi connectivity index (χ0v) is 15.6. The Morgan fingerprint density at radius 2 is 1.92 bits per heavy atom. The summed E-state index contributed by atoms with van der Waals surface area (Å²) in [5, 5.41) is 4.97. The minimum atomic E-state index is -0.337. The van der Waals surface area contributed by atoms with Crippen molar-refractivity contribution < 1.29 is 14.3 Å². The molecular weight excluding hydrogens is 398 g/mol. The SMILES string of the molecule is COC(=O)Cn1cc(/C=N\NC(=O)c2ccccc2Br)c2ccccc21. The number of hydrogen-bond donors (Lipinski definition) is 1. The number of esters is 1. The number of para-hydroxylation sites is 1. The van der Waals surface area contributed by atoms with Gasteiger partial charge in [0.1, 0.15) is 6.54 Å². The summed E-state index contributed by atoms with van der Waals surface area (Å²) in [6.45, 7) is 0.105. The molecule has 1 heterocycles. The van der Waals surface area contributed by atoms with Crippen molar-refractivity contribution in [1.29, 1.82) is 0 Å². The molecule has 0 atom stereocenters. The van der Waals surface area contributed by atoms with Crippen molar-refractivity contribution in [3.63, 3.8) is 0 Å². The number of hydrogen-bond acceptors (Lipinski definition) is 4. The van der Waals surface area contributed by atoms with Gasteiger partial charge in [0.2, 0.25) is 0 Å². The first-order chi connectivity index (χ1) is 12.6. The van der Waals surface area contributed by atoms with Gasteiger partial charge in [-0.2, -0.15) is 5.10 Å². The fraction of sp³-hybridized carbons (Fsp3) is 0.105. The summed E-state index contributed by atoms with van der Waals surface area (Å²) < 4.78 is 7.22. The van der Waals surface area contributed by atoms with Gasteiger partial charge in [0.25, 0.3) is 5.91 Å². The second kappa shape index (κ2) is 7.97. The van der Waals surface area contributed by atoms with Gasteiger partial charge < -0.3 is 9.30 Å². The van der Waals surface area contributed by atoms with Gasteiger partial charge in [0.05, 0.1) is 18.9 Å². The number of aromatic nitrogens is 1. The predicted molar refractivity (Wildman–Crippen MR) is 103 cm³/mol. The number of amides is 1. The van der Waals surface area contributed by atoms with Gasteiger partial charge in [-0.25, -0.2) is 5.43 Å². The molecule has 0 aliphatic carbocycles. The molecule has 26 heavy (non-hydrogen) atoms. The number of carbonyl (C=O) groups excluding carboxylic acids is 2. The van der Waals surface area contributed by atoms with Crippen LogP contribution in [0.3, 0.4) is 0 Å². The second-order valence-electron chi connectivity index (χ2n) is 5.48. The van der Waals surface area contributed by atoms with Crippen molar-refractivity contribution in [2.24, 2.45) is 5.10 Å². The maximum absolute atomic E-state index is 12.2. The number of halogens is 1. The van der Waals surface area contributed by atoms with E-state index in [-0.39, 0.29) is 18.4 Å². The van der Waals surface area contributed by atoms with Crippen molar-refractivity contribution in [2.45, 2.75) is 6.54 Å². The van der Waals surface area contributed by atoms with Crippen LogP contribution in [0.1, 0.15) is 15.9 Å². The summed E-state index contributed by atoms with van der Waals surface area (Å²) >= 11 is 3.34. The Labute approximate surface area is 158 Å². The van der Waals surface area contributed by atoms with Crippen LogP contribution in [0.5, 0.6) is 0 Å². The highest BCUT2D eigenvalue weighted by molar-refractivity contribution is 9.10. The highest BCUT2D eigenvalue weighted by Gasteiger charge is 2.11. The molecule has 7 heteroatoms. The maximum Gasteiger partial charge on any atom is 0.325 e. The summed E-state index contributed by atoms with van der Waals surface area (Å²) in [7, 11) is 1.35. The Bertz CT molecular complexity index is 995. The predicted octanol–water partition coefficient (Wildman–Crippen LogP) is 3.34. The van der Waals surface area contributed by atoms with Crippen LogP contribution in [0.15, 0.2) is 64.3 Å². The van der Waals surface area contributed by atoms with Crippen LogP contribution < -0.4 is 5.43 Å². The highest BCUT2D eigenvalue weighted by atomic mass is 79.9. The quantitative estimate of drug-likeness (QED) is 0.396. The summed E-state index contributed by atoms with van der Waals surface area (Å²) in [4.78, 5) is 23.8. The van der Waals surface area contributed by atoms with E-state index in [0.29, 0.717) is 10.0 Å². The van der Waals surface area contributed by atoms with Crippen molar-refractivity contribution in [2.75, 3.05) is 7.11 Å². The largest absolute Gasteiger partial charge is 0.468 e. The molecule has 0 spiro atoms. The molecule has 6 nitrogen and oxygen atoms in total. The van der Waals surface area contributed by atoms with Gasteiger partial charge in [-0.05, 0) is 34.1 Å². The fourth-order valence-electron chi connectivity index (χ4n) is 2.58. The molecule has 2 aromatic carbocycles. The Morgan fingerprint density at radius 1 is 1.19 bits per heavy atom. The zero-order chi connectivity index (χ0) is 18.5. The zero-order valence-electron chi connectivity index (χ0n) is 14.0. The fourth-order valence-corrected chi connectivity index (χ4v) is 3.04. The van der Waals surface area contributed by atoms with Gasteiger partial charge in [-0.3, -0.25) is 9.59 Å². The van der Waals surface area contributed by atoms with E-state index in [1.54, 1.807) is 35.2 Å². The lowest BCUT2D eigenvalue weighted by molar-refractivity contribution is -0.141. The smallest absolute Gasteiger partial charge is 0.325 e. The number of benzene rings is 2. The molecule has 0 fully saturated rings. The van der Waals surface area contributed by atoms with E-state index in [9.17, 15) is 9.59 Å². The number of rotatable bonds is 5. The van der Waals surface area contributed by atoms with Crippen LogP contribution in [0, 0.1) is 0 Å². The van der Waals surface area contributed by atoms with E-state index in [1.807, 2.05) is 30.3 Å². The number of carbonyl (C=O) groups is 2. The van der Waals surface area contributed by atoms with E-state index in [2.05, 4.69) is 26.5 Å². The first-order valence-corrected chi connectivity index (χ1v) is 8.62. The number of ether oxygens (including phenoxy) is 1. The summed E-state index contributed by atoms with van der Waals surface area (Å²) in [5.41, 5.74) is 4.69. The molecule has 0 aliphatic rings. The first kappa shape index (κ1) is 17.9. The van der Waals surface area contributed by atoms with E-state index in [0.717, 1.165) is 16.5 Å². The molecule has 132 valence electrons. The monoisotopic (exact) mass is 413 g/mol. The molecule has 0 bridgehead atoms. The van der Waals surface area contributed by atoms with Crippen molar-refractivity contribution in [3.05, 3.63) is 70.3 Å². The van der Waals surface area contributed by atoms with Gasteiger partial charge in [-0.1, -0.05) is 30.3 Å². The van der Waals surface area contributed by atoms with E-state index in [4.69, 9.17) is 4.74 Å². The number of methoxy groups -OCH3 is 1. The average molecular weight is 414 g/mol.